The van der Waals surface area contributed by atoms with Crippen LogP contribution in [0, 0.1) is 18.3 Å². The molecular formula is C40H46NO+. The van der Waals surface area contributed by atoms with Crippen LogP contribution in [0.5, 0.6) is 11.5 Å². The highest BCUT2D eigenvalue weighted by atomic mass is 16.5. The largest absolute Gasteiger partial charge is 0.455 e. The summed E-state index contributed by atoms with van der Waals surface area (Å²) < 4.78 is 9.46. The standard InChI is InChI=1S/C40H46NO/c1-24(2)20-33-30-17-16-26(23-40(4,5)6)21-32(30)25(3)35-38-37-31(18-19-41(38)7)36-28(22-34(37)42-39(33)35)14-11-15-29(36)27-12-9-8-10-13-27/h11,14-19,21-22,24,27H,8-10,12-13,20,23H2,1-7H3/q+1. The molecule has 5 aromatic rings. The maximum atomic E-state index is 7.12. The fourth-order valence-corrected chi connectivity index (χ4v) is 8.06. The Kier molecular flexibility index (Phi) is 6.61. The highest BCUT2D eigenvalue weighted by molar-refractivity contribution is 6.17. The van der Waals surface area contributed by atoms with Crippen LogP contribution in [0.1, 0.15) is 94.9 Å². The molecule has 2 heterocycles. The Labute approximate surface area is 251 Å². The fraction of sp³-hybridized carbons (Fsp3) is 0.425. The molecule has 216 valence electrons. The molecular weight excluding hydrogens is 510 g/mol. The molecule has 2 heteroatoms. The number of aromatic nitrogens is 1. The number of nitrogens with zero attached hydrogens (tertiary/aromatic N) is 1. The van der Waals surface area contributed by atoms with Gasteiger partial charge in [-0.05, 0) is 94.2 Å². The van der Waals surface area contributed by atoms with E-state index in [4.69, 9.17) is 4.74 Å². The van der Waals surface area contributed by atoms with Crippen molar-refractivity contribution in [2.24, 2.45) is 18.4 Å². The van der Waals surface area contributed by atoms with E-state index >= 15 is 0 Å². The van der Waals surface area contributed by atoms with Crippen LogP contribution in [0.4, 0.5) is 0 Å². The van der Waals surface area contributed by atoms with Crippen LogP contribution in [0.25, 0.3) is 43.6 Å². The second-order valence-corrected chi connectivity index (χ2v) is 14.8. The van der Waals surface area contributed by atoms with Crippen LogP contribution in [-0.2, 0) is 19.9 Å². The average molecular weight is 557 g/mol. The molecule has 0 spiro atoms. The molecule has 1 aromatic heterocycles. The molecule has 0 unspecified atom stereocenters. The third kappa shape index (κ3) is 4.50. The van der Waals surface area contributed by atoms with Gasteiger partial charge in [0.05, 0.1) is 10.9 Å². The summed E-state index contributed by atoms with van der Waals surface area (Å²) in [6, 6.07) is 18.8. The number of benzene rings is 4. The van der Waals surface area contributed by atoms with Gasteiger partial charge in [0.15, 0.2) is 6.20 Å². The van der Waals surface area contributed by atoms with Gasteiger partial charge in [-0.2, -0.15) is 0 Å². The van der Waals surface area contributed by atoms with Crippen molar-refractivity contribution in [3.63, 3.8) is 0 Å². The van der Waals surface area contributed by atoms with Gasteiger partial charge in [0.25, 0.3) is 0 Å². The quantitative estimate of drug-likeness (QED) is 0.155. The van der Waals surface area contributed by atoms with Crippen molar-refractivity contribution in [1.82, 2.24) is 0 Å². The van der Waals surface area contributed by atoms with Crippen molar-refractivity contribution in [2.75, 3.05) is 0 Å². The molecule has 0 amide bonds. The lowest BCUT2D eigenvalue weighted by Gasteiger charge is -2.28. The van der Waals surface area contributed by atoms with Crippen molar-refractivity contribution in [2.45, 2.75) is 92.4 Å². The highest BCUT2D eigenvalue weighted by Gasteiger charge is 2.34. The zero-order valence-corrected chi connectivity index (χ0v) is 26.7. The van der Waals surface area contributed by atoms with Gasteiger partial charge in [-0.15, -0.1) is 0 Å². The lowest BCUT2D eigenvalue weighted by atomic mass is 9.80. The van der Waals surface area contributed by atoms with Crippen molar-refractivity contribution < 1.29 is 9.30 Å². The summed E-state index contributed by atoms with van der Waals surface area (Å²) in [7, 11) is 2.21. The van der Waals surface area contributed by atoms with Gasteiger partial charge in [0.2, 0.25) is 5.69 Å². The molecule has 1 fully saturated rings. The van der Waals surface area contributed by atoms with Gasteiger partial charge in [0.1, 0.15) is 18.5 Å². The zero-order valence-electron chi connectivity index (χ0n) is 26.7. The Morgan fingerprint density at radius 3 is 2.43 bits per heavy atom. The number of rotatable bonds is 4. The van der Waals surface area contributed by atoms with Crippen LogP contribution < -0.4 is 9.30 Å². The van der Waals surface area contributed by atoms with E-state index in [1.165, 1.54) is 97.9 Å². The minimum absolute atomic E-state index is 0.244. The third-order valence-corrected chi connectivity index (χ3v) is 9.78. The van der Waals surface area contributed by atoms with E-state index in [0.29, 0.717) is 11.8 Å². The Morgan fingerprint density at radius 2 is 1.69 bits per heavy atom. The second-order valence-electron chi connectivity index (χ2n) is 14.8. The second kappa shape index (κ2) is 10.1. The normalized spacial score (nSPS) is 15.5. The molecule has 1 aliphatic heterocycles. The molecule has 0 saturated heterocycles. The summed E-state index contributed by atoms with van der Waals surface area (Å²) in [5.41, 5.74) is 8.45. The van der Waals surface area contributed by atoms with Crippen LogP contribution in [0.15, 0.2) is 54.7 Å². The van der Waals surface area contributed by atoms with E-state index < -0.39 is 0 Å². The monoisotopic (exact) mass is 556 g/mol. The number of ether oxygens (including phenoxy) is 1. The van der Waals surface area contributed by atoms with Crippen molar-refractivity contribution in [3.8, 4) is 22.8 Å². The van der Waals surface area contributed by atoms with Gasteiger partial charge in [-0.25, -0.2) is 4.57 Å². The molecule has 1 saturated carbocycles. The summed E-state index contributed by atoms with van der Waals surface area (Å²) in [5.74, 6) is 3.24. The van der Waals surface area contributed by atoms with E-state index in [1.807, 2.05) is 0 Å². The molecule has 0 bridgehead atoms. The molecule has 0 atom stereocenters. The van der Waals surface area contributed by atoms with Crippen molar-refractivity contribution in [1.29, 1.82) is 0 Å². The van der Waals surface area contributed by atoms with E-state index in [2.05, 4.69) is 108 Å². The van der Waals surface area contributed by atoms with Gasteiger partial charge in [-0.3, -0.25) is 0 Å². The SMILES string of the molecule is Cc1c2c(c(CC(C)C)c3ccc(CC(C)(C)C)cc13)Oc1cc3cccc(C4CCCCC4)c3c3cc[n+](C)c-2c13. The van der Waals surface area contributed by atoms with Crippen LogP contribution in [0.2, 0.25) is 0 Å². The summed E-state index contributed by atoms with van der Waals surface area (Å²) in [4.78, 5) is 0. The van der Waals surface area contributed by atoms with Crippen LogP contribution >= 0.6 is 0 Å². The summed E-state index contributed by atoms with van der Waals surface area (Å²) >= 11 is 0. The molecule has 0 N–H and O–H groups in total. The maximum absolute atomic E-state index is 7.12. The minimum Gasteiger partial charge on any atom is -0.455 e. The van der Waals surface area contributed by atoms with Gasteiger partial charge >= 0.3 is 0 Å². The Bertz CT molecular complexity index is 1860. The maximum Gasteiger partial charge on any atom is 0.228 e. The number of hydrogen-bond acceptors (Lipinski definition) is 1. The molecule has 42 heavy (non-hydrogen) atoms. The average Bonchev–Trinajstić information content (AvgIpc) is 2.95. The van der Waals surface area contributed by atoms with E-state index in [0.717, 1.165) is 24.3 Å². The molecule has 2 aliphatic rings. The summed E-state index contributed by atoms with van der Waals surface area (Å²) in [5, 5.41) is 8.07. The Morgan fingerprint density at radius 1 is 0.905 bits per heavy atom. The highest BCUT2D eigenvalue weighted by Crippen LogP contribution is 2.53. The first kappa shape index (κ1) is 27.4. The first-order chi connectivity index (χ1) is 20.1. The first-order valence-corrected chi connectivity index (χ1v) is 16.2. The molecule has 1 aliphatic carbocycles. The third-order valence-electron chi connectivity index (χ3n) is 9.78. The minimum atomic E-state index is 0.244. The van der Waals surface area contributed by atoms with Crippen LogP contribution in [-0.4, -0.2) is 0 Å². The lowest BCUT2D eigenvalue weighted by Crippen LogP contribution is -2.32. The summed E-state index contributed by atoms with van der Waals surface area (Å²) in [6.45, 7) is 14.0. The van der Waals surface area contributed by atoms with Gasteiger partial charge < -0.3 is 4.74 Å². The molecule has 2 nitrogen and oxygen atoms in total. The number of aryl methyl sites for hydroxylation is 2. The van der Waals surface area contributed by atoms with E-state index in [-0.39, 0.29) is 5.41 Å². The Hall–Kier alpha value is -3.39. The van der Waals surface area contributed by atoms with Gasteiger partial charge in [0, 0.05) is 17.0 Å². The molecule has 0 radical (unpaired) electrons. The zero-order chi connectivity index (χ0) is 29.3. The predicted octanol–water partition coefficient (Wildman–Crippen LogP) is 10.9. The van der Waals surface area contributed by atoms with Gasteiger partial charge in [-0.1, -0.05) is 90.3 Å². The van der Waals surface area contributed by atoms with E-state index in [9.17, 15) is 0 Å². The smallest absolute Gasteiger partial charge is 0.228 e. The first-order valence-electron chi connectivity index (χ1n) is 16.2. The number of fused-ring (bicyclic) bond motifs is 5. The van der Waals surface area contributed by atoms with E-state index in [1.54, 1.807) is 0 Å². The predicted molar refractivity (Wildman–Crippen MR) is 178 cm³/mol. The van der Waals surface area contributed by atoms with Crippen LogP contribution in [0.3, 0.4) is 0 Å². The molecule has 4 aromatic carbocycles. The van der Waals surface area contributed by atoms with Crippen molar-refractivity contribution in [3.05, 3.63) is 77.0 Å². The fourth-order valence-electron chi connectivity index (χ4n) is 8.06. The number of pyridine rings is 1. The number of hydrogen-bond donors (Lipinski definition) is 0. The topological polar surface area (TPSA) is 13.1 Å². The Balaban J connectivity index is 1.56. The summed E-state index contributed by atoms with van der Waals surface area (Å²) in [6.07, 6.45) is 11.0. The van der Waals surface area contributed by atoms with Crippen molar-refractivity contribution >= 4 is 32.3 Å². The lowest BCUT2D eigenvalue weighted by molar-refractivity contribution is -0.659. The molecule has 7 rings (SSSR count).